The van der Waals surface area contributed by atoms with Crippen LogP contribution in [0.2, 0.25) is 0 Å². The Balaban J connectivity index is 0. The van der Waals surface area contributed by atoms with E-state index < -0.39 is 0 Å². The lowest BCUT2D eigenvalue weighted by molar-refractivity contribution is 0.926. The molecule has 1 heterocycles. The van der Waals surface area contributed by atoms with E-state index in [0.29, 0.717) is 0 Å². The van der Waals surface area contributed by atoms with Gasteiger partial charge in [-0.3, -0.25) is 0 Å². The zero-order valence-electron chi connectivity index (χ0n) is 10.2. The van der Waals surface area contributed by atoms with Crippen molar-refractivity contribution < 1.29 is 0 Å². The second-order valence-corrected chi connectivity index (χ2v) is 2.24. The second-order valence-electron chi connectivity index (χ2n) is 2.24. The van der Waals surface area contributed by atoms with Gasteiger partial charge < -0.3 is 4.57 Å². The first-order chi connectivity index (χ1) is 6.77. The topological polar surface area (TPSA) is 4.93 Å². The molecule has 0 spiro atoms. The normalized spacial score (nSPS) is 7.50. The molecule has 0 aliphatic carbocycles. The molecule has 0 saturated carbocycles. The molecule has 0 atom stereocenters. The van der Waals surface area contributed by atoms with Crippen LogP contribution in [0.25, 0.3) is 12.2 Å². The van der Waals surface area contributed by atoms with Crippen LogP contribution < -0.4 is 0 Å². The Kier molecular flexibility index (Phi) is 10.7. The van der Waals surface area contributed by atoms with Crippen LogP contribution in [0.5, 0.6) is 0 Å². The number of nitrogens with zero attached hydrogens (tertiary/aromatic N) is 1. The first-order valence-corrected chi connectivity index (χ1v) is 5.18. The first-order valence-electron chi connectivity index (χ1n) is 5.18. The fraction of sp³-hybridized carbons (Fsp3) is 0.385. The number of rotatable bonds is 2. The van der Waals surface area contributed by atoms with E-state index in [0.717, 1.165) is 11.1 Å². The molecule has 0 aliphatic heterocycles. The summed E-state index contributed by atoms with van der Waals surface area (Å²) in [5, 5.41) is 0. The highest BCUT2D eigenvalue weighted by Gasteiger charge is 1.95. The van der Waals surface area contributed by atoms with Crippen molar-refractivity contribution in [2.24, 2.45) is 7.05 Å². The van der Waals surface area contributed by atoms with Crippen LogP contribution in [0.15, 0.2) is 25.6 Å². The van der Waals surface area contributed by atoms with E-state index in [-0.39, 0.29) is 0 Å². The predicted molar refractivity (Wildman–Crippen MR) is 68.3 cm³/mol. The summed E-state index contributed by atoms with van der Waals surface area (Å²) in [4.78, 5) is 0. The standard InChI is InChI=1S/C9H11N.2C2H6/c1-4-8-6-10(3)7-9(8)5-2;2*1-2/h4-7H,1-2H2,3H3;2*1-2H3. The van der Waals surface area contributed by atoms with Gasteiger partial charge in [-0.2, -0.15) is 0 Å². The predicted octanol–water partition coefficient (Wildman–Crippen LogP) is 4.36. The van der Waals surface area contributed by atoms with Crippen LogP contribution in [-0.4, -0.2) is 4.57 Å². The molecule has 0 N–H and O–H groups in total. The molecular formula is C13H23N. The highest BCUT2D eigenvalue weighted by molar-refractivity contribution is 5.62. The molecule has 0 radical (unpaired) electrons. The lowest BCUT2D eigenvalue weighted by Gasteiger charge is -1.84. The summed E-state index contributed by atoms with van der Waals surface area (Å²) < 4.78 is 1.99. The summed E-state index contributed by atoms with van der Waals surface area (Å²) >= 11 is 0. The Bertz CT molecular complexity index is 231. The first kappa shape index (κ1) is 15.2. The van der Waals surface area contributed by atoms with Gasteiger partial charge in [0.25, 0.3) is 0 Å². The Morgan fingerprint density at radius 2 is 1.21 bits per heavy atom. The minimum atomic E-state index is 1.14. The minimum Gasteiger partial charge on any atom is -0.356 e. The van der Waals surface area contributed by atoms with Crippen LogP contribution in [0.3, 0.4) is 0 Å². The molecule has 1 rings (SSSR count). The molecule has 0 saturated heterocycles. The van der Waals surface area contributed by atoms with Crippen molar-refractivity contribution in [3.05, 3.63) is 36.7 Å². The van der Waals surface area contributed by atoms with Crippen molar-refractivity contribution in [2.45, 2.75) is 27.7 Å². The lowest BCUT2D eigenvalue weighted by Crippen LogP contribution is -1.77. The molecule has 0 unspecified atom stereocenters. The number of hydrogen-bond acceptors (Lipinski definition) is 0. The molecule has 1 heteroatoms. The summed E-state index contributed by atoms with van der Waals surface area (Å²) in [7, 11) is 1.99. The van der Waals surface area contributed by atoms with Gasteiger partial charge in [0, 0.05) is 19.4 Å². The van der Waals surface area contributed by atoms with Gasteiger partial charge in [0.15, 0.2) is 0 Å². The van der Waals surface area contributed by atoms with Crippen LogP contribution in [0.4, 0.5) is 0 Å². The summed E-state index contributed by atoms with van der Waals surface area (Å²) in [5.74, 6) is 0. The monoisotopic (exact) mass is 193 g/mol. The lowest BCUT2D eigenvalue weighted by atomic mass is 10.2. The second kappa shape index (κ2) is 9.85. The van der Waals surface area contributed by atoms with Crippen molar-refractivity contribution in [1.29, 1.82) is 0 Å². The fourth-order valence-electron chi connectivity index (χ4n) is 0.966. The molecule has 0 fully saturated rings. The quantitative estimate of drug-likeness (QED) is 0.657. The van der Waals surface area contributed by atoms with E-state index in [1.807, 2.05) is 63.9 Å². The van der Waals surface area contributed by atoms with Crippen LogP contribution in [-0.2, 0) is 7.05 Å². The molecule has 1 aromatic rings. The Morgan fingerprint density at radius 3 is 1.43 bits per heavy atom. The average molecular weight is 193 g/mol. The SMILES string of the molecule is C=Cc1cn(C)cc1C=C.CC.CC. The molecule has 0 amide bonds. The van der Waals surface area contributed by atoms with Crippen molar-refractivity contribution >= 4 is 12.2 Å². The number of aromatic nitrogens is 1. The van der Waals surface area contributed by atoms with Gasteiger partial charge in [-0.15, -0.1) is 0 Å². The molecule has 1 nitrogen and oxygen atoms in total. The number of hydrogen-bond donors (Lipinski definition) is 0. The smallest absolute Gasteiger partial charge is 0.0110 e. The largest absolute Gasteiger partial charge is 0.356 e. The molecule has 14 heavy (non-hydrogen) atoms. The Hall–Kier alpha value is -1.24. The maximum Gasteiger partial charge on any atom is 0.0110 e. The maximum atomic E-state index is 3.69. The third-order valence-corrected chi connectivity index (χ3v) is 1.46. The van der Waals surface area contributed by atoms with Gasteiger partial charge in [0.05, 0.1) is 0 Å². The van der Waals surface area contributed by atoms with Gasteiger partial charge in [0.1, 0.15) is 0 Å². The van der Waals surface area contributed by atoms with Crippen molar-refractivity contribution in [3.8, 4) is 0 Å². The van der Waals surface area contributed by atoms with Gasteiger partial charge >= 0.3 is 0 Å². The van der Waals surface area contributed by atoms with E-state index in [1.54, 1.807) is 0 Å². The molecule has 0 aromatic carbocycles. The van der Waals surface area contributed by atoms with Crippen molar-refractivity contribution in [1.82, 2.24) is 4.57 Å². The number of aryl methyl sites for hydroxylation is 1. The molecular weight excluding hydrogens is 170 g/mol. The van der Waals surface area contributed by atoms with E-state index in [2.05, 4.69) is 13.2 Å². The maximum absolute atomic E-state index is 3.69. The van der Waals surface area contributed by atoms with Gasteiger partial charge in [-0.25, -0.2) is 0 Å². The van der Waals surface area contributed by atoms with E-state index >= 15 is 0 Å². The zero-order valence-corrected chi connectivity index (χ0v) is 10.2. The summed E-state index contributed by atoms with van der Waals surface area (Å²) in [6, 6.07) is 0. The molecule has 1 aromatic heterocycles. The Morgan fingerprint density at radius 1 is 0.929 bits per heavy atom. The van der Waals surface area contributed by atoms with Gasteiger partial charge in [-0.05, 0) is 11.1 Å². The van der Waals surface area contributed by atoms with Crippen molar-refractivity contribution in [3.63, 3.8) is 0 Å². The highest BCUT2D eigenvalue weighted by atomic mass is 14.9. The molecule has 0 aliphatic rings. The van der Waals surface area contributed by atoms with Crippen molar-refractivity contribution in [2.75, 3.05) is 0 Å². The third-order valence-electron chi connectivity index (χ3n) is 1.46. The summed E-state index contributed by atoms with van der Waals surface area (Å²) in [5.41, 5.74) is 2.27. The fourth-order valence-corrected chi connectivity index (χ4v) is 0.966. The van der Waals surface area contributed by atoms with Gasteiger partial charge in [0.2, 0.25) is 0 Å². The minimum absolute atomic E-state index is 1.14. The van der Waals surface area contributed by atoms with E-state index in [9.17, 15) is 0 Å². The molecule has 0 bridgehead atoms. The Labute approximate surface area is 88.8 Å². The van der Waals surface area contributed by atoms with Crippen LogP contribution in [0, 0.1) is 0 Å². The summed E-state index contributed by atoms with van der Waals surface area (Å²) in [6.45, 7) is 15.4. The van der Waals surface area contributed by atoms with E-state index in [4.69, 9.17) is 0 Å². The van der Waals surface area contributed by atoms with Crippen LogP contribution in [0.1, 0.15) is 38.8 Å². The van der Waals surface area contributed by atoms with Crippen LogP contribution >= 0.6 is 0 Å². The highest BCUT2D eigenvalue weighted by Crippen LogP contribution is 2.11. The zero-order chi connectivity index (χ0) is 11.6. The van der Waals surface area contributed by atoms with E-state index in [1.165, 1.54) is 0 Å². The average Bonchev–Trinajstić information content (AvgIpc) is 2.64. The molecule has 80 valence electrons. The summed E-state index contributed by atoms with van der Waals surface area (Å²) in [6.07, 6.45) is 7.70. The third kappa shape index (κ3) is 4.70. The van der Waals surface area contributed by atoms with Gasteiger partial charge in [-0.1, -0.05) is 53.0 Å².